The highest BCUT2D eigenvalue weighted by atomic mass is 32.2. The summed E-state index contributed by atoms with van der Waals surface area (Å²) in [6.45, 7) is 3.93. The maximum absolute atomic E-state index is 13.8. The van der Waals surface area contributed by atoms with Crippen LogP contribution in [0.25, 0.3) is 10.9 Å². The van der Waals surface area contributed by atoms with Crippen molar-refractivity contribution in [1.29, 1.82) is 0 Å². The van der Waals surface area contributed by atoms with Crippen LogP contribution < -0.4 is 10.9 Å². The second kappa shape index (κ2) is 9.19. The van der Waals surface area contributed by atoms with Gasteiger partial charge in [0.1, 0.15) is 5.69 Å². The number of aromatic nitrogens is 2. The SMILES string of the molecule is CCc1c(C(=O)NC2(C3CC=CS3)CC2)n(C)c2cc(CC)n(CC(=O)c3ccccc3)c(=O)c12. The van der Waals surface area contributed by atoms with Gasteiger partial charge in [-0.25, -0.2) is 0 Å². The third-order valence-electron chi connectivity index (χ3n) is 7.43. The Kier molecular flexibility index (Phi) is 6.21. The van der Waals surface area contributed by atoms with Crippen molar-refractivity contribution in [3.63, 3.8) is 0 Å². The van der Waals surface area contributed by atoms with Crippen LogP contribution in [-0.4, -0.2) is 31.6 Å². The molecule has 0 spiro atoms. The van der Waals surface area contributed by atoms with E-state index < -0.39 is 0 Å². The fourth-order valence-corrected chi connectivity index (χ4v) is 6.51. The van der Waals surface area contributed by atoms with Crippen LogP contribution in [0, 0.1) is 0 Å². The Morgan fingerprint density at radius 3 is 2.49 bits per heavy atom. The number of carbonyl (C=O) groups is 2. The molecule has 1 aliphatic heterocycles. The summed E-state index contributed by atoms with van der Waals surface area (Å²) in [5.74, 6) is -0.220. The van der Waals surface area contributed by atoms with Gasteiger partial charge >= 0.3 is 0 Å². The van der Waals surface area contributed by atoms with E-state index in [1.54, 1.807) is 28.5 Å². The number of pyridine rings is 1. The van der Waals surface area contributed by atoms with Crippen molar-refractivity contribution in [2.75, 3.05) is 0 Å². The van der Waals surface area contributed by atoms with E-state index in [2.05, 4.69) is 16.8 Å². The number of ketones is 1. The highest BCUT2D eigenvalue weighted by Gasteiger charge is 2.51. The molecule has 1 N–H and O–H groups in total. The highest BCUT2D eigenvalue weighted by Crippen LogP contribution is 2.48. The highest BCUT2D eigenvalue weighted by molar-refractivity contribution is 8.03. The van der Waals surface area contributed by atoms with Crippen molar-refractivity contribution in [3.8, 4) is 0 Å². The summed E-state index contributed by atoms with van der Waals surface area (Å²) in [6, 6.07) is 11.0. The number of hydrogen-bond acceptors (Lipinski definition) is 4. The van der Waals surface area contributed by atoms with Gasteiger partial charge in [0.15, 0.2) is 5.78 Å². The Bertz CT molecular complexity index is 1390. The first kappa shape index (κ1) is 23.7. The summed E-state index contributed by atoms with van der Waals surface area (Å²) in [7, 11) is 1.86. The molecule has 2 aliphatic rings. The molecule has 0 saturated heterocycles. The molecule has 3 heterocycles. The number of carbonyl (C=O) groups excluding carboxylic acids is 2. The van der Waals surface area contributed by atoms with Crippen molar-refractivity contribution in [3.05, 3.63) is 80.8 Å². The number of thioether (sulfide) groups is 1. The summed E-state index contributed by atoms with van der Waals surface area (Å²) in [5.41, 5.74) is 3.06. The maximum atomic E-state index is 13.8. The van der Waals surface area contributed by atoms with E-state index in [1.807, 2.05) is 49.7 Å². The fraction of sp³-hybridized carbons (Fsp3) is 0.393. The van der Waals surface area contributed by atoms with Crippen LogP contribution in [-0.2, 0) is 26.4 Å². The molecule has 0 bridgehead atoms. The topological polar surface area (TPSA) is 73.1 Å². The Balaban J connectivity index is 1.56. The molecular weight excluding hydrogens is 458 g/mol. The summed E-state index contributed by atoms with van der Waals surface area (Å²) in [5, 5.41) is 6.37. The lowest BCUT2D eigenvalue weighted by molar-refractivity contribution is 0.0920. The van der Waals surface area contributed by atoms with Crippen LogP contribution in [0.5, 0.6) is 0 Å². The van der Waals surface area contributed by atoms with Gasteiger partial charge in [-0.1, -0.05) is 50.3 Å². The summed E-state index contributed by atoms with van der Waals surface area (Å²) in [4.78, 5) is 40.4. The lowest BCUT2D eigenvalue weighted by Gasteiger charge is -2.24. The molecule has 3 aromatic rings. The number of nitrogens with one attached hydrogen (secondary N) is 1. The zero-order chi connectivity index (χ0) is 24.7. The molecule has 1 saturated carbocycles. The predicted molar refractivity (Wildman–Crippen MR) is 141 cm³/mol. The normalized spacial score (nSPS) is 18.2. The first-order valence-corrected chi connectivity index (χ1v) is 13.3. The lowest BCUT2D eigenvalue weighted by atomic mass is 10.1. The van der Waals surface area contributed by atoms with Crippen molar-refractivity contribution in [1.82, 2.24) is 14.5 Å². The summed E-state index contributed by atoms with van der Waals surface area (Å²) < 4.78 is 3.45. The molecule has 0 radical (unpaired) electrons. The van der Waals surface area contributed by atoms with Crippen LogP contribution >= 0.6 is 11.8 Å². The quantitative estimate of drug-likeness (QED) is 0.468. The molecular formula is C28H31N3O3S. The molecule has 1 aliphatic carbocycles. The van der Waals surface area contributed by atoms with Crippen LogP contribution in [0.3, 0.4) is 0 Å². The van der Waals surface area contributed by atoms with E-state index >= 15 is 0 Å². The van der Waals surface area contributed by atoms with Crippen molar-refractivity contribution >= 4 is 34.4 Å². The zero-order valence-corrected chi connectivity index (χ0v) is 21.3. The van der Waals surface area contributed by atoms with Crippen molar-refractivity contribution < 1.29 is 9.59 Å². The largest absolute Gasteiger partial charge is 0.344 e. The fourth-order valence-electron chi connectivity index (χ4n) is 5.32. The molecule has 5 rings (SSSR count). The van der Waals surface area contributed by atoms with E-state index in [9.17, 15) is 14.4 Å². The standard InChI is InChI=1S/C28H31N3O3S/c1-4-19-16-21-24(27(34)31(19)17-22(32)18-10-7-6-8-11-18)20(5-2)25(30(21)3)26(33)29-28(13-14-28)23-12-9-15-35-23/h6-11,15-16,23H,4-5,12-14,17H2,1-3H3,(H,29,33). The smallest absolute Gasteiger partial charge is 0.268 e. The molecule has 1 atom stereocenters. The van der Waals surface area contributed by atoms with E-state index in [0.717, 1.165) is 36.0 Å². The minimum Gasteiger partial charge on any atom is -0.344 e. The minimum absolute atomic E-state index is 0.0173. The zero-order valence-electron chi connectivity index (χ0n) is 20.5. The van der Waals surface area contributed by atoms with E-state index in [1.165, 1.54) is 0 Å². The number of nitrogens with zero attached hydrogens (tertiary/aromatic N) is 2. The van der Waals surface area contributed by atoms with Crippen LogP contribution in [0.15, 0.2) is 52.7 Å². The number of amides is 1. The second-order valence-electron chi connectivity index (χ2n) is 9.51. The molecule has 182 valence electrons. The average molecular weight is 490 g/mol. The van der Waals surface area contributed by atoms with E-state index in [4.69, 9.17) is 0 Å². The summed E-state index contributed by atoms with van der Waals surface area (Å²) >= 11 is 1.79. The molecule has 1 amide bonds. The predicted octanol–water partition coefficient (Wildman–Crippen LogP) is 4.63. The number of hydrogen-bond donors (Lipinski definition) is 1. The average Bonchev–Trinajstić information content (AvgIpc) is 3.30. The van der Waals surface area contributed by atoms with Gasteiger partial charge in [-0.05, 0) is 49.1 Å². The Morgan fingerprint density at radius 2 is 1.89 bits per heavy atom. The minimum atomic E-state index is -0.202. The molecule has 7 heteroatoms. The lowest BCUT2D eigenvalue weighted by Crippen LogP contribution is -2.44. The number of fused-ring (bicyclic) bond motifs is 1. The van der Waals surface area contributed by atoms with E-state index in [-0.39, 0.29) is 29.3 Å². The molecule has 1 unspecified atom stereocenters. The van der Waals surface area contributed by atoms with E-state index in [0.29, 0.717) is 34.7 Å². The first-order valence-electron chi connectivity index (χ1n) is 12.4. The van der Waals surface area contributed by atoms with Gasteiger partial charge in [0.25, 0.3) is 11.5 Å². The van der Waals surface area contributed by atoms with Gasteiger partial charge in [0.05, 0.1) is 23.0 Å². The number of rotatable bonds is 8. The molecule has 6 nitrogen and oxygen atoms in total. The van der Waals surface area contributed by atoms with Gasteiger partial charge in [-0.15, -0.1) is 11.8 Å². The number of allylic oxidation sites excluding steroid dienone is 1. The molecule has 35 heavy (non-hydrogen) atoms. The van der Waals surface area contributed by atoms with Crippen LogP contribution in [0.2, 0.25) is 0 Å². The van der Waals surface area contributed by atoms with Crippen LogP contribution in [0.4, 0.5) is 0 Å². The number of Topliss-reactive ketones (excluding diaryl/α,β-unsaturated/α-hetero) is 1. The third-order valence-corrected chi connectivity index (χ3v) is 8.76. The van der Waals surface area contributed by atoms with Gasteiger partial charge in [-0.3, -0.25) is 14.4 Å². The second-order valence-corrected chi connectivity index (χ2v) is 10.6. The van der Waals surface area contributed by atoms with Gasteiger partial charge < -0.3 is 14.5 Å². The Labute approximate surface area is 209 Å². The van der Waals surface area contributed by atoms with Gasteiger partial charge in [0.2, 0.25) is 0 Å². The maximum Gasteiger partial charge on any atom is 0.268 e. The monoisotopic (exact) mass is 489 g/mol. The van der Waals surface area contributed by atoms with Crippen LogP contribution in [0.1, 0.15) is 65.2 Å². The van der Waals surface area contributed by atoms with Crippen molar-refractivity contribution in [2.45, 2.75) is 63.3 Å². The third kappa shape index (κ3) is 4.05. The Hall–Kier alpha value is -3.06. The first-order chi connectivity index (χ1) is 16.9. The van der Waals surface area contributed by atoms with Gasteiger partial charge in [-0.2, -0.15) is 0 Å². The number of aryl methyl sites for hydroxylation is 3. The van der Waals surface area contributed by atoms with Crippen molar-refractivity contribution in [2.24, 2.45) is 7.05 Å². The summed E-state index contributed by atoms with van der Waals surface area (Å²) in [6.07, 6.45) is 6.27. The molecule has 1 fully saturated rings. The Morgan fingerprint density at radius 1 is 1.14 bits per heavy atom. The van der Waals surface area contributed by atoms with Gasteiger partial charge in [0, 0.05) is 23.6 Å². The molecule has 1 aromatic carbocycles. The molecule has 2 aromatic heterocycles. The number of benzene rings is 1.